The number of aliphatic hydroxyl groups is 1. The first-order valence-corrected chi connectivity index (χ1v) is 7.68. The molecule has 0 amide bonds. The van der Waals surface area contributed by atoms with Crippen molar-refractivity contribution >= 4 is 34.8 Å². The van der Waals surface area contributed by atoms with Crippen molar-refractivity contribution in [1.82, 2.24) is 10.3 Å². The lowest BCUT2D eigenvalue weighted by Gasteiger charge is -2.10. The smallest absolute Gasteiger partial charge is 0.171 e. The fourth-order valence-electron chi connectivity index (χ4n) is 1.63. The highest BCUT2D eigenvalue weighted by Crippen LogP contribution is 2.19. The molecule has 1 aromatic carbocycles. The van der Waals surface area contributed by atoms with Gasteiger partial charge in [-0.3, -0.25) is 0 Å². The Kier molecular flexibility index (Phi) is 5.91. The number of H-pyrrole nitrogens is 1. The number of nitrogens with one attached hydrogen (secondary N) is 3. The fraction of sp³-hybridized carbons (Fsp3) is 0.214. The molecule has 6 heteroatoms. The molecule has 0 aliphatic heterocycles. The Bertz CT molecular complexity index is 526. The van der Waals surface area contributed by atoms with Crippen molar-refractivity contribution in [2.24, 2.45) is 0 Å². The predicted molar refractivity (Wildman–Crippen MR) is 88.1 cm³/mol. The molecule has 0 radical (unpaired) electrons. The summed E-state index contributed by atoms with van der Waals surface area (Å²) in [6.07, 6.45) is 1.89. The number of aliphatic hydroxyl groups excluding tert-OH is 1. The van der Waals surface area contributed by atoms with Crippen LogP contribution in [-0.4, -0.2) is 27.6 Å². The summed E-state index contributed by atoms with van der Waals surface area (Å²) in [6, 6.07) is 11.9. The van der Waals surface area contributed by atoms with Gasteiger partial charge in [0.1, 0.15) is 0 Å². The average molecular weight is 307 g/mol. The minimum absolute atomic E-state index is 0.192. The van der Waals surface area contributed by atoms with Crippen molar-refractivity contribution in [2.75, 3.05) is 17.7 Å². The molecular weight excluding hydrogens is 290 g/mol. The Morgan fingerprint density at radius 3 is 2.70 bits per heavy atom. The quantitative estimate of drug-likeness (QED) is 0.488. The normalized spacial score (nSPS) is 10.2. The topological polar surface area (TPSA) is 60.1 Å². The summed E-state index contributed by atoms with van der Waals surface area (Å²) < 4.78 is 0. The molecule has 0 spiro atoms. The van der Waals surface area contributed by atoms with Crippen LogP contribution >= 0.6 is 24.0 Å². The third-order valence-electron chi connectivity index (χ3n) is 2.57. The number of aromatic nitrogens is 1. The van der Waals surface area contributed by atoms with Crippen LogP contribution in [0.4, 0.5) is 5.69 Å². The van der Waals surface area contributed by atoms with Crippen LogP contribution in [0, 0.1) is 0 Å². The molecule has 0 saturated heterocycles. The van der Waals surface area contributed by atoms with Crippen LogP contribution in [0.2, 0.25) is 0 Å². The second kappa shape index (κ2) is 7.94. The zero-order chi connectivity index (χ0) is 14.2. The molecule has 0 fully saturated rings. The molecule has 0 bridgehead atoms. The highest BCUT2D eigenvalue weighted by Gasteiger charge is 1.99. The highest BCUT2D eigenvalue weighted by molar-refractivity contribution is 7.99. The van der Waals surface area contributed by atoms with Crippen LogP contribution in [0.15, 0.2) is 47.5 Å². The summed E-state index contributed by atoms with van der Waals surface area (Å²) in [5, 5.41) is 15.6. The van der Waals surface area contributed by atoms with E-state index in [4.69, 9.17) is 17.3 Å². The van der Waals surface area contributed by atoms with Crippen LogP contribution in [0.25, 0.3) is 0 Å². The Balaban J connectivity index is 1.78. The van der Waals surface area contributed by atoms with E-state index in [2.05, 4.69) is 15.6 Å². The van der Waals surface area contributed by atoms with Gasteiger partial charge in [0.15, 0.2) is 5.11 Å². The maximum atomic E-state index is 8.78. The van der Waals surface area contributed by atoms with Crippen molar-refractivity contribution in [3.05, 3.63) is 48.3 Å². The first-order chi connectivity index (χ1) is 9.78. The van der Waals surface area contributed by atoms with E-state index in [1.807, 2.05) is 42.6 Å². The Labute approximate surface area is 128 Å². The maximum absolute atomic E-state index is 8.78. The number of hydrogen-bond donors (Lipinski definition) is 4. The second-order valence-electron chi connectivity index (χ2n) is 4.10. The summed E-state index contributed by atoms with van der Waals surface area (Å²) >= 11 is 6.86. The molecule has 106 valence electrons. The van der Waals surface area contributed by atoms with Crippen LogP contribution < -0.4 is 10.6 Å². The summed E-state index contributed by atoms with van der Waals surface area (Å²) in [4.78, 5) is 4.24. The highest BCUT2D eigenvalue weighted by atomic mass is 32.2. The second-order valence-corrected chi connectivity index (χ2v) is 5.68. The van der Waals surface area contributed by atoms with Gasteiger partial charge < -0.3 is 20.7 Å². The van der Waals surface area contributed by atoms with Crippen LogP contribution in [0.1, 0.15) is 5.69 Å². The monoisotopic (exact) mass is 307 g/mol. The molecule has 1 heterocycles. The van der Waals surface area contributed by atoms with E-state index in [0.29, 0.717) is 17.4 Å². The molecular formula is C14H17N3OS2. The number of aromatic amines is 1. The number of hydrogen-bond acceptors (Lipinski definition) is 3. The Hall–Kier alpha value is -1.50. The van der Waals surface area contributed by atoms with Gasteiger partial charge in [-0.25, -0.2) is 0 Å². The number of anilines is 1. The minimum atomic E-state index is 0.192. The van der Waals surface area contributed by atoms with Crippen LogP contribution in [-0.2, 0) is 6.54 Å². The lowest BCUT2D eigenvalue weighted by atomic mass is 10.3. The van der Waals surface area contributed by atoms with Gasteiger partial charge in [-0.2, -0.15) is 0 Å². The lowest BCUT2D eigenvalue weighted by Crippen LogP contribution is -2.27. The fourth-order valence-corrected chi connectivity index (χ4v) is 2.47. The SMILES string of the molecule is OCCSc1ccc(NC(=S)NCc2ccc[nH]2)cc1. The van der Waals surface area contributed by atoms with Crippen molar-refractivity contribution < 1.29 is 5.11 Å². The van der Waals surface area contributed by atoms with Gasteiger partial charge in [-0.1, -0.05) is 0 Å². The summed E-state index contributed by atoms with van der Waals surface area (Å²) in [7, 11) is 0. The average Bonchev–Trinajstić information content (AvgIpc) is 2.98. The van der Waals surface area contributed by atoms with E-state index in [1.165, 1.54) is 0 Å². The van der Waals surface area contributed by atoms with Crippen molar-refractivity contribution in [1.29, 1.82) is 0 Å². The van der Waals surface area contributed by atoms with Crippen LogP contribution in [0.5, 0.6) is 0 Å². The number of rotatable bonds is 6. The van der Waals surface area contributed by atoms with Gasteiger partial charge >= 0.3 is 0 Å². The van der Waals surface area contributed by atoms with Crippen LogP contribution in [0.3, 0.4) is 0 Å². The Morgan fingerprint density at radius 1 is 1.25 bits per heavy atom. The molecule has 0 aliphatic carbocycles. The first-order valence-electron chi connectivity index (χ1n) is 6.29. The molecule has 0 saturated carbocycles. The van der Waals surface area contributed by atoms with Gasteiger partial charge in [-0.15, -0.1) is 11.8 Å². The van der Waals surface area contributed by atoms with E-state index in [0.717, 1.165) is 16.3 Å². The molecule has 0 aliphatic rings. The standard InChI is InChI=1S/C14H17N3OS2/c18-8-9-20-13-5-3-11(4-6-13)17-14(19)16-10-12-2-1-7-15-12/h1-7,15,18H,8-10H2,(H2,16,17,19). The number of thiocarbonyl (C=S) groups is 1. The summed E-state index contributed by atoms with van der Waals surface area (Å²) in [5.41, 5.74) is 2.03. The van der Waals surface area contributed by atoms with Gasteiger partial charge in [0, 0.05) is 28.2 Å². The van der Waals surface area contributed by atoms with Gasteiger partial charge in [0.25, 0.3) is 0 Å². The first kappa shape index (κ1) is 14.9. The maximum Gasteiger partial charge on any atom is 0.171 e. The molecule has 4 N–H and O–H groups in total. The minimum Gasteiger partial charge on any atom is -0.396 e. The van der Waals surface area contributed by atoms with Crippen molar-refractivity contribution in [3.8, 4) is 0 Å². The molecule has 0 atom stereocenters. The molecule has 2 rings (SSSR count). The predicted octanol–water partition coefficient (Wildman–Crippen LogP) is 2.59. The van der Waals surface area contributed by atoms with E-state index in [9.17, 15) is 0 Å². The van der Waals surface area contributed by atoms with E-state index in [-0.39, 0.29) is 6.61 Å². The summed E-state index contributed by atoms with van der Waals surface area (Å²) in [5.74, 6) is 0.711. The van der Waals surface area contributed by atoms with Gasteiger partial charge in [0.2, 0.25) is 0 Å². The summed E-state index contributed by atoms with van der Waals surface area (Å²) in [6.45, 7) is 0.862. The molecule has 2 aromatic rings. The molecule has 20 heavy (non-hydrogen) atoms. The number of thioether (sulfide) groups is 1. The number of benzene rings is 1. The lowest BCUT2D eigenvalue weighted by molar-refractivity contribution is 0.322. The molecule has 0 unspecified atom stereocenters. The van der Waals surface area contributed by atoms with E-state index in [1.54, 1.807) is 11.8 Å². The molecule has 4 nitrogen and oxygen atoms in total. The van der Waals surface area contributed by atoms with Crippen molar-refractivity contribution in [2.45, 2.75) is 11.4 Å². The molecule has 1 aromatic heterocycles. The van der Waals surface area contributed by atoms with Crippen molar-refractivity contribution in [3.63, 3.8) is 0 Å². The largest absolute Gasteiger partial charge is 0.396 e. The zero-order valence-electron chi connectivity index (χ0n) is 10.9. The van der Waals surface area contributed by atoms with E-state index < -0.39 is 0 Å². The zero-order valence-corrected chi connectivity index (χ0v) is 12.6. The van der Waals surface area contributed by atoms with Gasteiger partial charge in [-0.05, 0) is 48.6 Å². The third kappa shape index (κ3) is 4.88. The Morgan fingerprint density at radius 2 is 2.05 bits per heavy atom. The van der Waals surface area contributed by atoms with Gasteiger partial charge in [0.05, 0.1) is 13.2 Å². The van der Waals surface area contributed by atoms with E-state index >= 15 is 0 Å². The third-order valence-corrected chi connectivity index (χ3v) is 3.81.